The van der Waals surface area contributed by atoms with Gasteiger partial charge in [0.15, 0.2) is 0 Å². The average molecular weight is 275 g/mol. The molecule has 0 radical (unpaired) electrons. The molecule has 2 rings (SSSR count). The van der Waals surface area contributed by atoms with Crippen LogP contribution in [0.25, 0.3) is 0 Å². The second kappa shape index (κ2) is 5.96. The normalized spacial score (nSPS) is 23.2. The number of carbonyl (C=O) groups is 1. The molecule has 1 aliphatic heterocycles. The van der Waals surface area contributed by atoms with E-state index in [9.17, 15) is 9.90 Å². The predicted molar refractivity (Wildman–Crippen MR) is 76.3 cm³/mol. The Morgan fingerprint density at radius 1 is 1.40 bits per heavy atom. The lowest BCUT2D eigenvalue weighted by atomic mass is 9.75. The first-order chi connectivity index (χ1) is 9.37. The van der Waals surface area contributed by atoms with Crippen LogP contribution in [0.2, 0.25) is 0 Å². The highest BCUT2D eigenvalue weighted by Crippen LogP contribution is 2.39. The minimum absolute atomic E-state index is 0.0174. The lowest BCUT2D eigenvalue weighted by molar-refractivity contribution is -0.306. The summed E-state index contributed by atoms with van der Waals surface area (Å²) in [5.41, 5.74) is 2.12. The fourth-order valence-electron chi connectivity index (χ4n) is 3.17. The van der Waals surface area contributed by atoms with Crippen LogP contribution < -0.4 is 5.11 Å². The van der Waals surface area contributed by atoms with Crippen LogP contribution >= 0.6 is 0 Å². The largest absolute Gasteiger partial charge is 0.550 e. The molecule has 0 spiro atoms. The standard InChI is InChI=1S/C17H24O3/c1-12-4-6-13(7-5-12)15(10-16(18)19)14-8-9-20-17(2,3)11-14/h4-7,14-15H,8-11H2,1-3H3,(H,18,19)/p-1. The number of carbonyl (C=O) groups excluding carboxylic acids is 1. The zero-order chi connectivity index (χ0) is 14.8. The number of carboxylic acid groups (broad SMARTS) is 1. The van der Waals surface area contributed by atoms with Crippen molar-refractivity contribution in [1.82, 2.24) is 0 Å². The van der Waals surface area contributed by atoms with Gasteiger partial charge in [-0.3, -0.25) is 0 Å². The monoisotopic (exact) mass is 275 g/mol. The molecule has 0 aromatic heterocycles. The number of carboxylic acids is 1. The number of ether oxygens (including phenoxy) is 1. The summed E-state index contributed by atoms with van der Waals surface area (Å²) in [6.45, 7) is 6.89. The molecular weight excluding hydrogens is 252 g/mol. The van der Waals surface area contributed by atoms with Crippen molar-refractivity contribution in [2.45, 2.75) is 51.6 Å². The van der Waals surface area contributed by atoms with Crippen molar-refractivity contribution in [3.8, 4) is 0 Å². The van der Waals surface area contributed by atoms with Crippen molar-refractivity contribution < 1.29 is 14.6 Å². The Morgan fingerprint density at radius 2 is 2.05 bits per heavy atom. The van der Waals surface area contributed by atoms with Crippen LogP contribution in [0, 0.1) is 12.8 Å². The van der Waals surface area contributed by atoms with Crippen molar-refractivity contribution in [1.29, 1.82) is 0 Å². The molecule has 3 nitrogen and oxygen atoms in total. The molecule has 0 saturated carbocycles. The summed E-state index contributed by atoms with van der Waals surface area (Å²) in [6, 6.07) is 8.18. The van der Waals surface area contributed by atoms with E-state index in [0.717, 1.165) is 18.4 Å². The Balaban J connectivity index is 2.23. The van der Waals surface area contributed by atoms with Crippen molar-refractivity contribution in [3.05, 3.63) is 35.4 Å². The number of benzene rings is 1. The van der Waals surface area contributed by atoms with E-state index in [1.807, 2.05) is 31.2 Å². The quantitative estimate of drug-likeness (QED) is 0.848. The molecule has 1 saturated heterocycles. The van der Waals surface area contributed by atoms with Crippen molar-refractivity contribution in [2.75, 3.05) is 6.61 Å². The van der Waals surface area contributed by atoms with Crippen LogP contribution in [0.1, 0.15) is 50.2 Å². The van der Waals surface area contributed by atoms with Crippen LogP contribution in [0.3, 0.4) is 0 Å². The number of aliphatic carboxylic acids is 1. The van der Waals surface area contributed by atoms with Gasteiger partial charge in [-0.05, 0) is 57.4 Å². The zero-order valence-corrected chi connectivity index (χ0v) is 12.5. The van der Waals surface area contributed by atoms with Crippen LogP contribution in [-0.4, -0.2) is 18.2 Å². The molecule has 0 N–H and O–H groups in total. The predicted octanol–water partition coefficient (Wildman–Crippen LogP) is 2.42. The molecule has 20 heavy (non-hydrogen) atoms. The van der Waals surface area contributed by atoms with E-state index in [4.69, 9.17) is 4.74 Å². The number of hydrogen-bond acceptors (Lipinski definition) is 3. The Labute approximate surface area is 121 Å². The first-order valence-electron chi connectivity index (χ1n) is 7.28. The highest BCUT2D eigenvalue weighted by atomic mass is 16.5. The molecule has 1 aromatic rings. The molecule has 1 fully saturated rings. The van der Waals surface area contributed by atoms with Crippen molar-refractivity contribution >= 4 is 5.97 Å². The minimum Gasteiger partial charge on any atom is -0.550 e. The third-order valence-electron chi connectivity index (χ3n) is 4.20. The molecule has 1 aliphatic rings. The summed E-state index contributed by atoms with van der Waals surface area (Å²) in [5.74, 6) is -0.622. The SMILES string of the molecule is Cc1ccc(C(CC(=O)[O-])C2CCOC(C)(C)C2)cc1. The first-order valence-corrected chi connectivity index (χ1v) is 7.28. The van der Waals surface area contributed by atoms with Crippen molar-refractivity contribution in [3.63, 3.8) is 0 Å². The van der Waals surface area contributed by atoms with Crippen LogP contribution in [0.4, 0.5) is 0 Å². The van der Waals surface area contributed by atoms with Gasteiger partial charge in [-0.2, -0.15) is 0 Å². The maximum absolute atomic E-state index is 11.1. The van der Waals surface area contributed by atoms with E-state index in [-0.39, 0.29) is 17.9 Å². The van der Waals surface area contributed by atoms with E-state index in [2.05, 4.69) is 13.8 Å². The van der Waals surface area contributed by atoms with Gasteiger partial charge in [0.25, 0.3) is 0 Å². The van der Waals surface area contributed by atoms with E-state index in [1.54, 1.807) is 0 Å². The van der Waals surface area contributed by atoms with Crippen LogP contribution in [0.5, 0.6) is 0 Å². The summed E-state index contributed by atoms with van der Waals surface area (Å²) in [4.78, 5) is 11.1. The van der Waals surface area contributed by atoms with Gasteiger partial charge >= 0.3 is 0 Å². The lowest BCUT2D eigenvalue weighted by Crippen LogP contribution is -2.37. The van der Waals surface area contributed by atoms with Gasteiger partial charge in [0, 0.05) is 12.6 Å². The summed E-state index contributed by atoms with van der Waals surface area (Å²) in [6.07, 6.45) is 1.89. The smallest absolute Gasteiger partial charge is 0.0629 e. The highest BCUT2D eigenvalue weighted by Gasteiger charge is 2.34. The Bertz CT molecular complexity index is 462. The molecule has 2 atom stereocenters. The van der Waals surface area contributed by atoms with Crippen molar-refractivity contribution in [2.24, 2.45) is 5.92 Å². The molecule has 1 heterocycles. The second-order valence-corrected chi connectivity index (χ2v) is 6.45. The summed E-state index contributed by atoms with van der Waals surface area (Å²) >= 11 is 0. The lowest BCUT2D eigenvalue weighted by Gasteiger charge is -2.39. The molecule has 0 amide bonds. The van der Waals surface area contributed by atoms with Gasteiger partial charge < -0.3 is 14.6 Å². The van der Waals surface area contributed by atoms with Gasteiger partial charge in [0.05, 0.1) is 5.60 Å². The minimum atomic E-state index is -0.972. The molecular formula is C17H23O3-. The number of aryl methyl sites for hydroxylation is 1. The summed E-state index contributed by atoms with van der Waals surface area (Å²) in [5, 5.41) is 11.1. The van der Waals surface area contributed by atoms with Gasteiger partial charge in [-0.15, -0.1) is 0 Å². The van der Waals surface area contributed by atoms with Gasteiger partial charge in [0.1, 0.15) is 0 Å². The van der Waals surface area contributed by atoms with E-state index in [0.29, 0.717) is 12.5 Å². The summed E-state index contributed by atoms with van der Waals surface area (Å²) < 4.78 is 5.74. The molecule has 0 aliphatic carbocycles. The molecule has 1 aromatic carbocycles. The number of hydrogen-bond donors (Lipinski definition) is 0. The molecule has 2 unspecified atom stereocenters. The molecule has 3 heteroatoms. The maximum atomic E-state index is 11.1. The Kier molecular flexibility index (Phi) is 4.48. The van der Waals surface area contributed by atoms with E-state index in [1.165, 1.54) is 5.56 Å². The third-order valence-corrected chi connectivity index (χ3v) is 4.20. The van der Waals surface area contributed by atoms with Crippen LogP contribution in [-0.2, 0) is 9.53 Å². The average Bonchev–Trinajstić information content (AvgIpc) is 2.36. The van der Waals surface area contributed by atoms with E-state index >= 15 is 0 Å². The third kappa shape index (κ3) is 3.83. The topological polar surface area (TPSA) is 49.4 Å². The van der Waals surface area contributed by atoms with E-state index < -0.39 is 5.97 Å². The summed E-state index contributed by atoms with van der Waals surface area (Å²) in [7, 11) is 0. The van der Waals surface area contributed by atoms with Gasteiger partial charge in [-0.1, -0.05) is 29.8 Å². The van der Waals surface area contributed by atoms with Crippen LogP contribution in [0.15, 0.2) is 24.3 Å². The molecule has 0 bridgehead atoms. The first kappa shape index (κ1) is 15.0. The Morgan fingerprint density at radius 3 is 2.60 bits per heavy atom. The van der Waals surface area contributed by atoms with Gasteiger partial charge in [0.2, 0.25) is 0 Å². The number of rotatable bonds is 4. The zero-order valence-electron chi connectivity index (χ0n) is 12.5. The molecule has 110 valence electrons. The fraction of sp³-hybridized carbons (Fsp3) is 0.588. The Hall–Kier alpha value is -1.35. The maximum Gasteiger partial charge on any atom is 0.0629 e. The van der Waals surface area contributed by atoms with Gasteiger partial charge in [-0.25, -0.2) is 0 Å². The second-order valence-electron chi connectivity index (χ2n) is 6.45. The highest BCUT2D eigenvalue weighted by molar-refractivity contribution is 5.65. The fourth-order valence-corrected chi connectivity index (χ4v) is 3.17.